The molecule has 0 aliphatic heterocycles. The topological polar surface area (TPSA) is 55.0 Å². The summed E-state index contributed by atoms with van der Waals surface area (Å²) in [6, 6.07) is 18.0. The molecule has 0 spiro atoms. The quantitative estimate of drug-likeness (QED) is 0.347. The standard InChI is InChI=1S/C21H19ClN2O3/c1-24(2)23-13-18-11-12-20(27-18)15-7-9-16(10-8-15)21(25)26-14-17-5-3-4-6-19(17)22/h3-13H,14H2,1-2H3. The van der Waals surface area contributed by atoms with Crippen molar-refractivity contribution in [1.82, 2.24) is 5.01 Å². The van der Waals surface area contributed by atoms with Crippen LogP contribution in [-0.2, 0) is 11.3 Å². The Morgan fingerprint density at radius 3 is 2.56 bits per heavy atom. The van der Waals surface area contributed by atoms with Gasteiger partial charge < -0.3 is 14.2 Å². The number of furan rings is 1. The summed E-state index contributed by atoms with van der Waals surface area (Å²) < 4.78 is 11.1. The van der Waals surface area contributed by atoms with E-state index in [1.807, 2.05) is 56.6 Å². The summed E-state index contributed by atoms with van der Waals surface area (Å²) in [4.78, 5) is 12.2. The molecule has 1 aromatic heterocycles. The molecule has 0 radical (unpaired) electrons. The molecule has 0 aliphatic rings. The molecule has 0 saturated heterocycles. The number of carbonyl (C=O) groups is 1. The Kier molecular flexibility index (Phi) is 5.94. The van der Waals surface area contributed by atoms with Gasteiger partial charge in [0.25, 0.3) is 0 Å². The molecule has 0 bridgehead atoms. The van der Waals surface area contributed by atoms with Crippen molar-refractivity contribution in [2.24, 2.45) is 5.10 Å². The van der Waals surface area contributed by atoms with E-state index in [2.05, 4.69) is 5.10 Å². The highest BCUT2D eigenvalue weighted by Gasteiger charge is 2.10. The highest BCUT2D eigenvalue weighted by molar-refractivity contribution is 6.31. The fourth-order valence-electron chi connectivity index (χ4n) is 2.36. The Balaban J connectivity index is 1.64. The van der Waals surface area contributed by atoms with Crippen LogP contribution >= 0.6 is 11.6 Å². The summed E-state index contributed by atoms with van der Waals surface area (Å²) in [7, 11) is 3.67. The lowest BCUT2D eigenvalue weighted by atomic mass is 10.1. The number of hydrazone groups is 1. The predicted molar refractivity (Wildman–Crippen MR) is 106 cm³/mol. The van der Waals surface area contributed by atoms with Gasteiger partial charge in [0.15, 0.2) is 0 Å². The first-order chi connectivity index (χ1) is 13.0. The lowest BCUT2D eigenvalue weighted by molar-refractivity contribution is 0.0473. The average molecular weight is 383 g/mol. The van der Waals surface area contributed by atoms with Crippen LogP contribution in [0.15, 0.2) is 70.2 Å². The van der Waals surface area contributed by atoms with Crippen LogP contribution in [0.25, 0.3) is 11.3 Å². The molecule has 6 heteroatoms. The minimum absolute atomic E-state index is 0.132. The first kappa shape index (κ1) is 18.7. The van der Waals surface area contributed by atoms with Gasteiger partial charge in [0, 0.05) is 30.2 Å². The Hall–Kier alpha value is -3.05. The van der Waals surface area contributed by atoms with E-state index in [1.54, 1.807) is 29.4 Å². The predicted octanol–water partition coefficient (Wildman–Crippen LogP) is 4.85. The van der Waals surface area contributed by atoms with E-state index < -0.39 is 5.97 Å². The van der Waals surface area contributed by atoms with Crippen molar-refractivity contribution in [1.29, 1.82) is 0 Å². The molecule has 0 unspecified atom stereocenters. The van der Waals surface area contributed by atoms with Crippen LogP contribution in [0.4, 0.5) is 0 Å². The van der Waals surface area contributed by atoms with Crippen LogP contribution in [0.2, 0.25) is 5.02 Å². The van der Waals surface area contributed by atoms with E-state index in [0.717, 1.165) is 11.1 Å². The number of benzene rings is 2. The first-order valence-electron chi connectivity index (χ1n) is 8.35. The van der Waals surface area contributed by atoms with Gasteiger partial charge >= 0.3 is 5.97 Å². The van der Waals surface area contributed by atoms with Crippen LogP contribution in [-0.4, -0.2) is 31.3 Å². The zero-order valence-electron chi connectivity index (χ0n) is 15.1. The van der Waals surface area contributed by atoms with Crippen molar-refractivity contribution >= 4 is 23.8 Å². The molecule has 0 atom stereocenters. The van der Waals surface area contributed by atoms with Crippen molar-refractivity contribution in [2.75, 3.05) is 14.1 Å². The van der Waals surface area contributed by atoms with Gasteiger partial charge in [-0.3, -0.25) is 0 Å². The highest BCUT2D eigenvalue weighted by atomic mass is 35.5. The summed E-state index contributed by atoms with van der Waals surface area (Å²) in [5, 5.41) is 6.40. The van der Waals surface area contributed by atoms with Crippen LogP contribution in [0.5, 0.6) is 0 Å². The molecular weight excluding hydrogens is 364 g/mol. The van der Waals surface area contributed by atoms with Crippen molar-refractivity contribution in [3.63, 3.8) is 0 Å². The van der Waals surface area contributed by atoms with Gasteiger partial charge in [0.05, 0.1) is 11.8 Å². The second-order valence-corrected chi connectivity index (χ2v) is 6.45. The molecule has 27 heavy (non-hydrogen) atoms. The third-order valence-corrected chi connectivity index (χ3v) is 4.13. The second kappa shape index (κ2) is 8.56. The number of esters is 1. The van der Waals surface area contributed by atoms with E-state index in [-0.39, 0.29) is 6.61 Å². The fourth-order valence-corrected chi connectivity index (χ4v) is 2.55. The maximum Gasteiger partial charge on any atom is 0.338 e. The molecule has 3 rings (SSSR count). The second-order valence-electron chi connectivity index (χ2n) is 6.04. The minimum atomic E-state index is -0.403. The fraction of sp³-hybridized carbons (Fsp3) is 0.143. The molecule has 0 saturated carbocycles. The van der Waals surface area contributed by atoms with Crippen molar-refractivity contribution in [3.8, 4) is 11.3 Å². The number of rotatable bonds is 6. The third-order valence-electron chi connectivity index (χ3n) is 3.76. The smallest absolute Gasteiger partial charge is 0.338 e. The summed E-state index contributed by atoms with van der Waals surface area (Å²) in [6.45, 7) is 0.132. The summed E-state index contributed by atoms with van der Waals surface area (Å²) in [6.07, 6.45) is 1.64. The lowest BCUT2D eigenvalue weighted by Gasteiger charge is -2.07. The Labute approximate surface area is 162 Å². The van der Waals surface area contributed by atoms with Gasteiger partial charge in [0.1, 0.15) is 18.1 Å². The molecule has 0 N–H and O–H groups in total. The Morgan fingerprint density at radius 2 is 1.85 bits per heavy atom. The highest BCUT2D eigenvalue weighted by Crippen LogP contribution is 2.23. The van der Waals surface area contributed by atoms with E-state index >= 15 is 0 Å². The lowest BCUT2D eigenvalue weighted by Crippen LogP contribution is -2.05. The van der Waals surface area contributed by atoms with E-state index in [4.69, 9.17) is 20.8 Å². The van der Waals surface area contributed by atoms with Crippen molar-refractivity contribution in [3.05, 3.63) is 82.6 Å². The zero-order valence-corrected chi connectivity index (χ0v) is 15.8. The molecule has 138 valence electrons. The molecule has 3 aromatic rings. The third kappa shape index (κ3) is 4.99. The van der Waals surface area contributed by atoms with Gasteiger partial charge in [-0.1, -0.05) is 41.9 Å². The van der Waals surface area contributed by atoms with Crippen LogP contribution in [0, 0.1) is 0 Å². The number of hydrogen-bond acceptors (Lipinski definition) is 5. The van der Waals surface area contributed by atoms with Crippen molar-refractivity contribution in [2.45, 2.75) is 6.61 Å². The monoisotopic (exact) mass is 382 g/mol. The van der Waals surface area contributed by atoms with Gasteiger partial charge in [-0.2, -0.15) is 5.10 Å². The molecule has 2 aromatic carbocycles. The molecule has 0 aliphatic carbocycles. The Bertz CT molecular complexity index is 946. The zero-order chi connectivity index (χ0) is 19.2. The average Bonchev–Trinajstić information content (AvgIpc) is 3.15. The van der Waals surface area contributed by atoms with Gasteiger partial charge in [0.2, 0.25) is 0 Å². The van der Waals surface area contributed by atoms with Crippen LogP contribution in [0.3, 0.4) is 0 Å². The number of ether oxygens (including phenoxy) is 1. The summed E-state index contributed by atoms with van der Waals surface area (Å²) >= 11 is 6.07. The normalized spacial score (nSPS) is 10.9. The molecule has 0 amide bonds. The van der Waals surface area contributed by atoms with Gasteiger partial charge in [-0.25, -0.2) is 4.79 Å². The molecular formula is C21H19ClN2O3. The molecule has 1 heterocycles. The van der Waals surface area contributed by atoms with E-state index in [1.165, 1.54) is 0 Å². The van der Waals surface area contributed by atoms with E-state index in [9.17, 15) is 4.79 Å². The summed E-state index contributed by atoms with van der Waals surface area (Å²) in [5.41, 5.74) is 2.10. The number of carbonyl (C=O) groups excluding carboxylic acids is 1. The molecule has 5 nitrogen and oxygen atoms in total. The minimum Gasteiger partial charge on any atom is -0.457 e. The van der Waals surface area contributed by atoms with Gasteiger partial charge in [-0.05, 0) is 30.3 Å². The first-order valence-corrected chi connectivity index (χ1v) is 8.73. The number of nitrogens with zero attached hydrogens (tertiary/aromatic N) is 2. The maximum absolute atomic E-state index is 12.2. The van der Waals surface area contributed by atoms with E-state index in [0.29, 0.717) is 22.1 Å². The summed E-state index contributed by atoms with van der Waals surface area (Å²) in [5.74, 6) is 0.952. The van der Waals surface area contributed by atoms with Gasteiger partial charge in [-0.15, -0.1) is 0 Å². The van der Waals surface area contributed by atoms with Crippen LogP contribution in [0.1, 0.15) is 21.7 Å². The molecule has 0 fully saturated rings. The Morgan fingerprint density at radius 1 is 1.11 bits per heavy atom. The SMILES string of the molecule is CN(C)N=Cc1ccc(-c2ccc(C(=O)OCc3ccccc3Cl)cc2)o1. The van der Waals surface area contributed by atoms with Crippen LogP contribution < -0.4 is 0 Å². The maximum atomic E-state index is 12.2. The number of halogens is 1. The number of hydrogen-bond donors (Lipinski definition) is 0. The largest absolute Gasteiger partial charge is 0.457 e. The van der Waals surface area contributed by atoms with Crippen molar-refractivity contribution < 1.29 is 13.9 Å².